The minimum Gasteiger partial charge on any atom is -0.389 e. The lowest BCUT2D eigenvalue weighted by molar-refractivity contribution is -0.0385. The Balaban J connectivity index is 2.22. The van der Waals surface area contributed by atoms with Gasteiger partial charge in [0.25, 0.3) is 0 Å². The van der Waals surface area contributed by atoms with E-state index in [1.807, 2.05) is 32.2 Å². The molecule has 1 aromatic rings. The highest BCUT2D eigenvalue weighted by atomic mass is 16.5. The average molecular weight is 267 g/mol. The predicted molar refractivity (Wildman–Crippen MR) is 76.1 cm³/mol. The molecule has 0 aliphatic heterocycles. The third-order valence-corrected chi connectivity index (χ3v) is 2.79. The molecule has 1 aromatic carbocycles. The van der Waals surface area contributed by atoms with E-state index in [0.717, 1.165) is 6.54 Å². The van der Waals surface area contributed by atoms with Gasteiger partial charge in [0.1, 0.15) is 0 Å². The van der Waals surface area contributed by atoms with Gasteiger partial charge in [0, 0.05) is 20.2 Å². The molecular weight excluding hydrogens is 242 g/mol. The molecule has 0 saturated carbocycles. The molecule has 0 spiro atoms. The third-order valence-electron chi connectivity index (χ3n) is 2.79. The molecule has 0 radical (unpaired) electrons. The Morgan fingerprint density at radius 2 is 1.89 bits per heavy atom. The van der Waals surface area contributed by atoms with Crippen LogP contribution in [0, 0.1) is 0 Å². The molecule has 2 atom stereocenters. The highest BCUT2D eigenvalue weighted by Crippen LogP contribution is 2.03. The smallest absolute Gasteiger partial charge is 0.0900 e. The molecule has 4 heteroatoms. The van der Waals surface area contributed by atoms with Crippen LogP contribution >= 0.6 is 0 Å². The van der Waals surface area contributed by atoms with Crippen molar-refractivity contribution < 1.29 is 14.6 Å². The van der Waals surface area contributed by atoms with Crippen molar-refractivity contribution in [3.8, 4) is 0 Å². The van der Waals surface area contributed by atoms with E-state index in [9.17, 15) is 5.11 Å². The third kappa shape index (κ3) is 7.28. The fraction of sp³-hybridized carbons (Fsp3) is 0.600. The van der Waals surface area contributed by atoms with E-state index in [4.69, 9.17) is 9.47 Å². The topological polar surface area (TPSA) is 41.9 Å². The molecule has 1 rings (SSSR count). The van der Waals surface area contributed by atoms with Gasteiger partial charge in [-0.3, -0.25) is 4.90 Å². The van der Waals surface area contributed by atoms with Crippen molar-refractivity contribution in [3.05, 3.63) is 35.9 Å². The number of likely N-dealkylation sites (N-methyl/N-ethyl adjacent to an activating group) is 1. The first-order chi connectivity index (χ1) is 9.11. The van der Waals surface area contributed by atoms with E-state index < -0.39 is 6.10 Å². The summed E-state index contributed by atoms with van der Waals surface area (Å²) < 4.78 is 10.5. The molecule has 19 heavy (non-hydrogen) atoms. The van der Waals surface area contributed by atoms with Crippen molar-refractivity contribution in [3.63, 3.8) is 0 Å². The van der Waals surface area contributed by atoms with E-state index >= 15 is 0 Å². The van der Waals surface area contributed by atoms with E-state index in [1.165, 1.54) is 5.56 Å². The lowest BCUT2D eigenvalue weighted by Gasteiger charge is -2.22. The van der Waals surface area contributed by atoms with Gasteiger partial charge in [-0.1, -0.05) is 30.3 Å². The number of aliphatic hydroxyl groups excluding tert-OH is 1. The van der Waals surface area contributed by atoms with Crippen LogP contribution in [0.5, 0.6) is 0 Å². The number of aliphatic hydroxyl groups is 1. The molecular formula is C15H25NO3. The zero-order valence-electron chi connectivity index (χ0n) is 12.1. The second kappa shape index (κ2) is 9.04. The molecule has 4 nitrogen and oxygen atoms in total. The second-order valence-corrected chi connectivity index (χ2v) is 4.94. The van der Waals surface area contributed by atoms with E-state index in [0.29, 0.717) is 19.8 Å². The van der Waals surface area contributed by atoms with E-state index in [1.54, 1.807) is 7.11 Å². The van der Waals surface area contributed by atoms with Crippen LogP contribution in [0.1, 0.15) is 12.5 Å². The van der Waals surface area contributed by atoms with Gasteiger partial charge in [0.15, 0.2) is 0 Å². The van der Waals surface area contributed by atoms with Gasteiger partial charge in [0.05, 0.1) is 25.4 Å². The minimum atomic E-state index is -0.479. The van der Waals surface area contributed by atoms with Crippen molar-refractivity contribution in [2.45, 2.75) is 25.7 Å². The van der Waals surface area contributed by atoms with Gasteiger partial charge in [-0.15, -0.1) is 0 Å². The summed E-state index contributed by atoms with van der Waals surface area (Å²) in [5.41, 5.74) is 1.24. The summed E-state index contributed by atoms with van der Waals surface area (Å²) >= 11 is 0. The largest absolute Gasteiger partial charge is 0.389 e. The van der Waals surface area contributed by atoms with Crippen molar-refractivity contribution in [1.29, 1.82) is 0 Å². The molecule has 0 fully saturated rings. The molecule has 0 heterocycles. The Hall–Kier alpha value is -0.940. The molecule has 0 amide bonds. The van der Waals surface area contributed by atoms with E-state index in [-0.39, 0.29) is 6.10 Å². The van der Waals surface area contributed by atoms with Gasteiger partial charge >= 0.3 is 0 Å². The Bertz CT molecular complexity index is 331. The van der Waals surface area contributed by atoms with Crippen LogP contribution in [0.25, 0.3) is 0 Å². The maximum absolute atomic E-state index is 9.91. The summed E-state index contributed by atoms with van der Waals surface area (Å²) in [6, 6.07) is 10.2. The Morgan fingerprint density at radius 1 is 1.21 bits per heavy atom. The lowest BCUT2D eigenvalue weighted by Crippen LogP contribution is -2.33. The summed E-state index contributed by atoms with van der Waals surface area (Å²) in [5, 5.41) is 9.91. The summed E-state index contributed by atoms with van der Waals surface area (Å²) in [4.78, 5) is 2.09. The highest BCUT2D eigenvalue weighted by molar-refractivity contribution is 5.14. The number of ether oxygens (including phenoxy) is 2. The first kappa shape index (κ1) is 16.1. The van der Waals surface area contributed by atoms with Gasteiger partial charge in [-0.05, 0) is 19.5 Å². The number of methoxy groups -OCH3 is 1. The summed E-state index contributed by atoms with van der Waals surface area (Å²) in [6.07, 6.45) is -0.466. The monoisotopic (exact) mass is 267 g/mol. The zero-order valence-corrected chi connectivity index (χ0v) is 12.1. The molecule has 0 saturated heterocycles. The quantitative estimate of drug-likeness (QED) is 0.737. The number of rotatable bonds is 9. The first-order valence-electron chi connectivity index (χ1n) is 6.63. The van der Waals surface area contributed by atoms with Crippen LogP contribution in [0.4, 0.5) is 0 Å². The summed E-state index contributed by atoms with van der Waals surface area (Å²) in [7, 11) is 3.64. The van der Waals surface area contributed by atoms with Gasteiger partial charge in [-0.25, -0.2) is 0 Å². The maximum atomic E-state index is 9.91. The van der Waals surface area contributed by atoms with Crippen LogP contribution in [0.3, 0.4) is 0 Å². The van der Waals surface area contributed by atoms with Crippen LogP contribution in [0.2, 0.25) is 0 Å². The van der Waals surface area contributed by atoms with Crippen molar-refractivity contribution in [2.75, 3.05) is 33.9 Å². The Morgan fingerprint density at radius 3 is 2.53 bits per heavy atom. The molecule has 0 aromatic heterocycles. The Labute approximate surface area is 115 Å². The molecule has 0 aliphatic carbocycles. The Kier molecular flexibility index (Phi) is 7.67. The standard InChI is InChI=1S/C15H25NO3/c1-13(11-18-3)19-12-15(17)10-16(2)9-14-7-5-4-6-8-14/h4-8,13,15,17H,9-12H2,1-3H3. The molecule has 1 N–H and O–H groups in total. The second-order valence-electron chi connectivity index (χ2n) is 4.94. The molecule has 0 bridgehead atoms. The van der Waals surface area contributed by atoms with Crippen molar-refractivity contribution >= 4 is 0 Å². The lowest BCUT2D eigenvalue weighted by atomic mass is 10.2. The zero-order chi connectivity index (χ0) is 14.1. The average Bonchev–Trinajstić information content (AvgIpc) is 2.38. The molecule has 2 unspecified atom stereocenters. The predicted octanol–water partition coefficient (Wildman–Crippen LogP) is 1.53. The summed E-state index contributed by atoms with van der Waals surface area (Å²) in [5.74, 6) is 0. The normalized spacial score (nSPS) is 14.6. The number of hydrogen-bond acceptors (Lipinski definition) is 4. The fourth-order valence-electron chi connectivity index (χ4n) is 1.93. The van der Waals surface area contributed by atoms with Crippen LogP contribution in [0.15, 0.2) is 30.3 Å². The number of hydrogen-bond donors (Lipinski definition) is 1. The van der Waals surface area contributed by atoms with Crippen LogP contribution in [-0.4, -0.2) is 56.1 Å². The van der Waals surface area contributed by atoms with Gasteiger partial charge < -0.3 is 14.6 Å². The fourth-order valence-corrected chi connectivity index (χ4v) is 1.93. The maximum Gasteiger partial charge on any atom is 0.0900 e. The van der Waals surface area contributed by atoms with Gasteiger partial charge in [-0.2, -0.15) is 0 Å². The van der Waals surface area contributed by atoms with Crippen molar-refractivity contribution in [1.82, 2.24) is 4.90 Å². The first-order valence-corrected chi connectivity index (χ1v) is 6.63. The molecule has 0 aliphatic rings. The summed E-state index contributed by atoms with van der Waals surface area (Å²) in [6.45, 7) is 4.24. The number of nitrogens with zero attached hydrogens (tertiary/aromatic N) is 1. The van der Waals surface area contributed by atoms with Crippen molar-refractivity contribution in [2.24, 2.45) is 0 Å². The van der Waals surface area contributed by atoms with Gasteiger partial charge in [0.2, 0.25) is 0 Å². The van der Waals surface area contributed by atoms with Crippen LogP contribution in [-0.2, 0) is 16.0 Å². The van der Waals surface area contributed by atoms with Crippen LogP contribution < -0.4 is 0 Å². The SMILES string of the molecule is COCC(C)OCC(O)CN(C)Cc1ccccc1. The highest BCUT2D eigenvalue weighted by Gasteiger charge is 2.11. The molecule has 108 valence electrons. The number of benzene rings is 1. The van der Waals surface area contributed by atoms with E-state index in [2.05, 4.69) is 17.0 Å². The minimum absolute atomic E-state index is 0.0130.